The molecule has 0 saturated carbocycles. The standard InChI is InChI=1S/C11H14N4OS/c1-8(11(16)14(2)3)15-6-10(12-13-15)9-4-5-17-7-9/h4-8H,1-3H3. The van der Waals surface area contributed by atoms with E-state index < -0.39 is 0 Å². The van der Waals surface area contributed by atoms with Crippen LogP contribution in [-0.2, 0) is 4.79 Å². The summed E-state index contributed by atoms with van der Waals surface area (Å²) in [5, 5.41) is 12.1. The second kappa shape index (κ2) is 4.67. The zero-order valence-corrected chi connectivity index (χ0v) is 10.8. The lowest BCUT2D eigenvalue weighted by Crippen LogP contribution is -2.30. The van der Waals surface area contributed by atoms with Crippen molar-refractivity contribution in [2.75, 3.05) is 14.1 Å². The molecule has 1 unspecified atom stereocenters. The molecule has 6 heteroatoms. The van der Waals surface area contributed by atoms with E-state index in [1.54, 1.807) is 41.2 Å². The molecular formula is C11H14N4OS. The molecule has 0 aliphatic heterocycles. The minimum atomic E-state index is -0.329. The lowest BCUT2D eigenvalue weighted by Gasteiger charge is -2.16. The number of likely N-dealkylation sites (N-methyl/N-ethyl adjacent to an activating group) is 1. The van der Waals surface area contributed by atoms with Crippen molar-refractivity contribution in [2.24, 2.45) is 0 Å². The van der Waals surface area contributed by atoms with E-state index in [2.05, 4.69) is 10.3 Å². The summed E-state index contributed by atoms with van der Waals surface area (Å²) < 4.78 is 1.59. The first-order valence-electron chi connectivity index (χ1n) is 5.25. The van der Waals surface area contributed by atoms with Gasteiger partial charge in [0.2, 0.25) is 5.91 Å². The molecule has 0 aromatic carbocycles. The van der Waals surface area contributed by atoms with Gasteiger partial charge in [0.15, 0.2) is 0 Å². The largest absolute Gasteiger partial charge is 0.347 e. The summed E-state index contributed by atoms with van der Waals surface area (Å²) in [5.41, 5.74) is 1.83. The molecule has 2 aromatic rings. The predicted molar refractivity (Wildman–Crippen MR) is 66.7 cm³/mol. The molecule has 0 spiro atoms. The van der Waals surface area contributed by atoms with Gasteiger partial charge in [0, 0.05) is 25.0 Å². The van der Waals surface area contributed by atoms with Gasteiger partial charge in [-0.1, -0.05) is 5.21 Å². The van der Waals surface area contributed by atoms with E-state index in [4.69, 9.17) is 0 Å². The Labute approximate surface area is 104 Å². The highest BCUT2D eigenvalue weighted by atomic mass is 32.1. The van der Waals surface area contributed by atoms with Crippen LogP contribution in [0, 0.1) is 0 Å². The van der Waals surface area contributed by atoms with Crippen LogP contribution in [0.2, 0.25) is 0 Å². The second-order valence-corrected chi connectivity index (χ2v) is 4.78. The van der Waals surface area contributed by atoms with E-state index in [0.29, 0.717) is 0 Å². The third-order valence-corrected chi connectivity index (χ3v) is 3.21. The van der Waals surface area contributed by atoms with Gasteiger partial charge in [0.05, 0.1) is 6.20 Å². The van der Waals surface area contributed by atoms with Crippen LogP contribution in [0.3, 0.4) is 0 Å². The average Bonchev–Trinajstić information content (AvgIpc) is 2.96. The van der Waals surface area contributed by atoms with Gasteiger partial charge in [-0.05, 0) is 18.4 Å². The van der Waals surface area contributed by atoms with Gasteiger partial charge in [-0.15, -0.1) is 5.10 Å². The zero-order valence-electron chi connectivity index (χ0n) is 9.99. The van der Waals surface area contributed by atoms with Crippen molar-refractivity contribution in [1.29, 1.82) is 0 Å². The highest BCUT2D eigenvalue weighted by Crippen LogP contribution is 2.20. The Kier molecular flexibility index (Phi) is 3.23. The lowest BCUT2D eigenvalue weighted by atomic mass is 10.2. The van der Waals surface area contributed by atoms with Crippen molar-refractivity contribution in [3.05, 3.63) is 23.0 Å². The van der Waals surface area contributed by atoms with Crippen LogP contribution in [-0.4, -0.2) is 39.9 Å². The highest BCUT2D eigenvalue weighted by Gasteiger charge is 2.18. The van der Waals surface area contributed by atoms with Crippen LogP contribution in [0.1, 0.15) is 13.0 Å². The number of rotatable bonds is 3. The molecule has 2 rings (SSSR count). The van der Waals surface area contributed by atoms with E-state index in [1.807, 2.05) is 23.8 Å². The minimum absolute atomic E-state index is 0.00627. The Balaban J connectivity index is 2.21. The summed E-state index contributed by atoms with van der Waals surface area (Å²) in [6.45, 7) is 1.81. The number of amides is 1. The van der Waals surface area contributed by atoms with Crippen molar-refractivity contribution in [2.45, 2.75) is 13.0 Å². The maximum atomic E-state index is 11.8. The van der Waals surface area contributed by atoms with Crippen LogP contribution in [0.15, 0.2) is 23.0 Å². The van der Waals surface area contributed by atoms with Crippen molar-refractivity contribution in [3.63, 3.8) is 0 Å². The maximum absolute atomic E-state index is 11.8. The van der Waals surface area contributed by atoms with E-state index in [9.17, 15) is 4.79 Å². The van der Waals surface area contributed by atoms with Gasteiger partial charge >= 0.3 is 0 Å². The number of nitrogens with zero attached hydrogens (tertiary/aromatic N) is 4. The van der Waals surface area contributed by atoms with Crippen LogP contribution in [0.5, 0.6) is 0 Å². The fourth-order valence-electron chi connectivity index (χ4n) is 1.50. The second-order valence-electron chi connectivity index (χ2n) is 4.00. The molecule has 0 aliphatic carbocycles. The third kappa shape index (κ3) is 2.36. The van der Waals surface area contributed by atoms with E-state index in [-0.39, 0.29) is 11.9 Å². The Morgan fingerprint density at radius 2 is 2.29 bits per heavy atom. The van der Waals surface area contributed by atoms with Crippen LogP contribution >= 0.6 is 11.3 Å². The summed E-state index contributed by atoms with van der Waals surface area (Å²) in [6, 6.07) is 1.65. The number of carbonyl (C=O) groups is 1. The molecule has 0 saturated heterocycles. The van der Waals surface area contributed by atoms with Crippen LogP contribution < -0.4 is 0 Å². The Morgan fingerprint density at radius 1 is 1.53 bits per heavy atom. The quantitative estimate of drug-likeness (QED) is 0.832. The van der Waals surface area contributed by atoms with Crippen LogP contribution in [0.4, 0.5) is 0 Å². The molecular weight excluding hydrogens is 236 g/mol. The highest BCUT2D eigenvalue weighted by molar-refractivity contribution is 7.08. The topological polar surface area (TPSA) is 51.0 Å². The molecule has 90 valence electrons. The SMILES string of the molecule is CC(C(=O)N(C)C)n1cc(-c2ccsc2)nn1. The number of carbonyl (C=O) groups excluding carboxylic acids is 1. The summed E-state index contributed by atoms with van der Waals surface area (Å²) in [7, 11) is 3.46. The minimum Gasteiger partial charge on any atom is -0.347 e. The fraction of sp³-hybridized carbons (Fsp3) is 0.364. The van der Waals surface area contributed by atoms with Crippen molar-refractivity contribution >= 4 is 17.2 Å². The number of hydrogen-bond donors (Lipinski definition) is 0. The van der Waals surface area contributed by atoms with Gasteiger partial charge in [0.25, 0.3) is 0 Å². The Hall–Kier alpha value is -1.69. The molecule has 1 amide bonds. The smallest absolute Gasteiger partial charge is 0.246 e. The van der Waals surface area contributed by atoms with Gasteiger partial charge in [0.1, 0.15) is 11.7 Å². The molecule has 17 heavy (non-hydrogen) atoms. The van der Waals surface area contributed by atoms with E-state index in [0.717, 1.165) is 11.3 Å². The number of hydrogen-bond acceptors (Lipinski definition) is 4. The summed E-state index contributed by atoms with van der Waals surface area (Å²) in [4.78, 5) is 13.3. The first-order chi connectivity index (χ1) is 8.09. The van der Waals surface area contributed by atoms with Gasteiger partial charge < -0.3 is 4.90 Å². The zero-order chi connectivity index (χ0) is 12.4. The van der Waals surface area contributed by atoms with Crippen LogP contribution in [0.25, 0.3) is 11.3 Å². The molecule has 0 radical (unpaired) electrons. The number of aromatic nitrogens is 3. The van der Waals surface area contributed by atoms with E-state index in [1.165, 1.54) is 0 Å². The summed E-state index contributed by atoms with van der Waals surface area (Å²) in [6.07, 6.45) is 1.80. The molecule has 0 N–H and O–H groups in total. The van der Waals surface area contributed by atoms with Crippen molar-refractivity contribution in [1.82, 2.24) is 19.9 Å². The Bertz CT molecular complexity index is 503. The summed E-state index contributed by atoms with van der Waals surface area (Å²) >= 11 is 1.61. The molecule has 0 fully saturated rings. The summed E-state index contributed by atoms with van der Waals surface area (Å²) in [5.74, 6) is 0.00627. The van der Waals surface area contributed by atoms with Crippen molar-refractivity contribution in [3.8, 4) is 11.3 Å². The van der Waals surface area contributed by atoms with E-state index >= 15 is 0 Å². The fourth-order valence-corrected chi connectivity index (χ4v) is 2.14. The number of thiophene rings is 1. The van der Waals surface area contributed by atoms with Crippen molar-refractivity contribution < 1.29 is 4.79 Å². The third-order valence-electron chi connectivity index (χ3n) is 2.52. The maximum Gasteiger partial charge on any atom is 0.246 e. The molecule has 5 nitrogen and oxygen atoms in total. The van der Waals surface area contributed by atoms with Gasteiger partial charge in [-0.25, -0.2) is 4.68 Å². The normalized spacial score (nSPS) is 12.4. The monoisotopic (exact) mass is 250 g/mol. The lowest BCUT2D eigenvalue weighted by molar-refractivity contribution is -0.132. The molecule has 0 aliphatic rings. The first kappa shape index (κ1) is 11.8. The molecule has 2 heterocycles. The molecule has 0 bridgehead atoms. The average molecular weight is 250 g/mol. The Morgan fingerprint density at radius 3 is 2.88 bits per heavy atom. The van der Waals surface area contributed by atoms with Gasteiger partial charge in [-0.2, -0.15) is 11.3 Å². The molecule has 1 atom stereocenters. The predicted octanol–water partition coefficient (Wildman–Crippen LogP) is 1.66. The first-order valence-corrected chi connectivity index (χ1v) is 6.19. The molecule has 2 aromatic heterocycles. The van der Waals surface area contributed by atoms with Gasteiger partial charge in [-0.3, -0.25) is 4.79 Å².